The first kappa shape index (κ1) is 97.7. The second kappa shape index (κ2) is 75.0. The molecule has 0 heterocycles. The molecule has 0 saturated carbocycles. The molecule has 0 spiro atoms. The Morgan fingerprint density at radius 2 is 0.549 bits per heavy atom. The van der Waals surface area contributed by atoms with Gasteiger partial charge in [-0.15, -0.1) is 0 Å². The van der Waals surface area contributed by atoms with Crippen molar-refractivity contribution in [1.82, 2.24) is 0 Å². The highest BCUT2D eigenvalue weighted by Gasteiger charge is 2.30. The summed E-state index contributed by atoms with van der Waals surface area (Å²) in [4.78, 5) is 72.9. The van der Waals surface area contributed by atoms with Crippen molar-refractivity contribution in [2.24, 2.45) is 0 Å². The van der Waals surface area contributed by atoms with Crippen LogP contribution in [0, 0.1) is 0 Å². The van der Waals surface area contributed by atoms with Crippen LogP contribution in [0.25, 0.3) is 0 Å². The normalized spacial score (nSPS) is 14.5. The number of hydrogen-bond acceptors (Lipinski definition) is 15. The lowest BCUT2D eigenvalue weighted by Gasteiger charge is -2.21. The molecule has 3 N–H and O–H groups in total. The van der Waals surface area contributed by atoms with Crippen LogP contribution < -0.4 is 0 Å². The van der Waals surface area contributed by atoms with Crippen LogP contribution in [-0.4, -0.2) is 96.7 Å². The summed E-state index contributed by atoms with van der Waals surface area (Å²) in [7, 11) is -9.98. The Balaban J connectivity index is 5.40. The van der Waals surface area contributed by atoms with Crippen molar-refractivity contribution in [2.45, 2.75) is 354 Å². The molecule has 0 fully saturated rings. The number of esters is 4. The van der Waals surface area contributed by atoms with E-state index < -0.39 is 97.5 Å². The van der Waals surface area contributed by atoms with Crippen molar-refractivity contribution >= 4 is 39.5 Å². The molecule has 5 atom stereocenters. The summed E-state index contributed by atoms with van der Waals surface area (Å²) in [5.41, 5.74) is 0. The summed E-state index contributed by atoms with van der Waals surface area (Å²) in [6.07, 6.45) is 80.9. The van der Waals surface area contributed by atoms with Crippen LogP contribution >= 0.6 is 15.6 Å². The highest BCUT2D eigenvalue weighted by Crippen LogP contribution is 2.45. The van der Waals surface area contributed by atoms with Crippen molar-refractivity contribution in [3.8, 4) is 0 Å². The topological polar surface area (TPSA) is 237 Å². The zero-order chi connectivity index (χ0) is 74.6. The Hall–Kier alpha value is -4.28. The van der Waals surface area contributed by atoms with Gasteiger partial charge in [-0.1, -0.05) is 304 Å². The standard InChI is InChI=1S/C83H144O17P2/c1-5-9-13-17-21-25-29-33-36-37-38-39-42-45-48-52-56-60-64-68-81(86)94-73-78(99-82(87)69-65-61-57-53-49-43-32-28-24-20-16-12-8-4)75-97-101(89,90)95-71-77(84)72-96-102(91,92)98-76-79(100-83(88)70-66-62-58-54-50-46-41-35-31-27-23-19-15-11-7-3)74-93-80(85)67-63-59-55-51-47-44-40-34-30-26-22-18-14-10-6-2/h10,14,21-22,25-26,33-36,38-41,47,51,59,63,77-79,84H,5-9,11-13,15-20,23-24,27-32,37,42-46,48-50,52-58,60-62,64-76H2,1-4H3,(H,89,90)(H,91,92)/b14-10-,25-21-,26-22-,36-33-,39-38-,40-34-,41-35-,51-47-,63-59-. The number of unbranched alkanes of at least 4 members (excludes halogenated alkanes) is 32. The van der Waals surface area contributed by atoms with E-state index in [1.54, 1.807) is 6.08 Å². The van der Waals surface area contributed by atoms with E-state index >= 15 is 0 Å². The third kappa shape index (κ3) is 74.0. The van der Waals surface area contributed by atoms with Gasteiger partial charge >= 0.3 is 39.5 Å². The predicted octanol–water partition coefficient (Wildman–Crippen LogP) is 23.3. The lowest BCUT2D eigenvalue weighted by atomic mass is 10.0. The van der Waals surface area contributed by atoms with Gasteiger partial charge in [0.25, 0.3) is 0 Å². The Labute approximate surface area is 619 Å². The van der Waals surface area contributed by atoms with Crippen LogP contribution in [0.1, 0.15) is 336 Å². The van der Waals surface area contributed by atoms with Crippen molar-refractivity contribution in [2.75, 3.05) is 39.6 Å². The second-order valence-electron chi connectivity index (χ2n) is 26.6. The van der Waals surface area contributed by atoms with E-state index in [0.29, 0.717) is 25.7 Å². The number of carbonyl (C=O) groups is 4. The van der Waals surface area contributed by atoms with Gasteiger partial charge < -0.3 is 33.8 Å². The molecule has 17 nitrogen and oxygen atoms in total. The molecule has 0 rings (SSSR count). The average molecular weight is 1480 g/mol. The fourth-order valence-corrected chi connectivity index (χ4v) is 12.2. The summed E-state index contributed by atoms with van der Waals surface area (Å²) < 4.78 is 68.5. The van der Waals surface area contributed by atoms with Gasteiger partial charge in [0.2, 0.25) is 0 Å². The molecule has 0 saturated heterocycles. The maximum atomic E-state index is 13.1. The third-order valence-corrected chi connectivity index (χ3v) is 18.7. The molecule has 0 aromatic heterocycles. The van der Waals surface area contributed by atoms with E-state index in [0.717, 1.165) is 148 Å². The van der Waals surface area contributed by atoms with Crippen LogP contribution in [0.15, 0.2) is 109 Å². The Bertz CT molecular complexity index is 2360. The summed E-state index contributed by atoms with van der Waals surface area (Å²) in [6.45, 7) is 4.63. The number of allylic oxidation sites excluding steroid dienone is 17. The van der Waals surface area contributed by atoms with Gasteiger partial charge in [-0.3, -0.25) is 37.3 Å². The molecule has 0 radical (unpaired) electrons. The first-order chi connectivity index (χ1) is 49.7. The van der Waals surface area contributed by atoms with Gasteiger partial charge in [-0.25, -0.2) is 9.13 Å². The van der Waals surface area contributed by atoms with Gasteiger partial charge in [-0.2, -0.15) is 0 Å². The lowest BCUT2D eigenvalue weighted by Crippen LogP contribution is -2.30. The van der Waals surface area contributed by atoms with Crippen molar-refractivity contribution in [1.29, 1.82) is 0 Å². The number of ether oxygens (including phenoxy) is 4. The summed E-state index contributed by atoms with van der Waals surface area (Å²) in [6, 6.07) is 0. The van der Waals surface area contributed by atoms with Gasteiger partial charge in [0.05, 0.1) is 32.8 Å². The number of phosphoric acid groups is 2. The van der Waals surface area contributed by atoms with Crippen molar-refractivity contribution in [3.05, 3.63) is 109 Å². The number of carbonyl (C=O) groups excluding carboxylic acids is 4. The summed E-state index contributed by atoms with van der Waals surface area (Å²) in [5, 5.41) is 10.6. The Morgan fingerprint density at radius 1 is 0.294 bits per heavy atom. The van der Waals surface area contributed by atoms with E-state index in [2.05, 4.69) is 113 Å². The molecule has 0 bridgehead atoms. The van der Waals surface area contributed by atoms with E-state index in [-0.39, 0.29) is 25.7 Å². The Morgan fingerprint density at radius 3 is 0.902 bits per heavy atom. The molecule has 0 aliphatic heterocycles. The summed E-state index contributed by atoms with van der Waals surface area (Å²) >= 11 is 0. The maximum Gasteiger partial charge on any atom is 0.472 e. The molecule has 588 valence electrons. The number of hydrogen-bond donors (Lipinski definition) is 3. The van der Waals surface area contributed by atoms with Crippen LogP contribution in [0.4, 0.5) is 0 Å². The van der Waals surface area contributed by atoms with E-state index in [1.165, 1.54) is 109 Å². The van der Waals surface area contributed by atoms with Gasteiger partial charge in [0.15, 0.2) is 12.2 Å². The maximum absolute atomic E-state index is 13.1. The van der Waals surface area contributed by atoms with E-state index in [9.17, 15) is 43.2 Å². The third-order valence-electron chi connectivity index (χ3n) is 16.8. The Kier molecular flexibility index (Phi) is 71.8. The van der Waals surface area contributed by atoms with Crippen LogP contribution in [0.2, 0.25) is 0 Å². The highest BCUT2D eigenvalue weighted by molar-refractivity contribution is 7.47. The highest BCUT2D eigenvalue weighted by atomic mass is 31.2. The smallest absolute Gasteiger partial charge is 0.462 e. The molecular formula is C83H144O17P2. The van der Waals surface area contributed by atoms with Crippen LogP contribution in [0.5, 0.6) is 0 Å². The number of aliphatic hydroxyl groups excluding tert-OH is 1. The quantitative estimate of drug-likeness (QED) is 0.0169. The molecule has 102 heavy (non-hydrogen) atoms. The van der Waals surface area contributed by atoms with E-state index in [1.807, 2.05) is 18.2 Å². The molecule has 0 aromatic carbocycles. The first-order valence-corrected chi connectivity index (χ1v) is 43.1. The average Bonchev–Trinajstić information content (AvgIpc) is 0.919. The molecule has 5 unspecified atom stereocenters. The van der Waals surface area contributed by atoms with Crippen LogP contribution in [0.3, 0.4) is 0 Å². The fourth-order valence-electron chi connectivity index (χ4n) is 10.6. The largest absolute Gasteiger partial charge is 0.472 e. The summed E-state index contributed by atoms with van der Waals surface area (Å²) in [5.74, 6) is -2.33. The minimum atomic E-state index is -5.00. The monoisotopic (exact) mass is 1470 g/mol. The molecular weight excluding hydrogens is 1330 g/mol. The van der Waals surface area contributed by atoms with Crippen molar-refractivity contribution < 1.29 is 80.2 Å². The van der Waals surface area contributed by atoms with Gasteiger partial charge in [-0.05, 0) is 116 Å². The molecule has 0 aliphatic rings. The number of rotatable bonds is 75. The molecule has 19 heteroatoms. The van der Waals surface area contributed by atoms with E-state index in [4.69, 9.17) is 37.0 Å². The molecule has 0 amide bonds. The minimum Gasteiger partial charge on any atom is -0.462 e. The zero-order valence-corrected chi connectivity index (χ0v) is 66.0. The predicted molar refractivity (Wildman–Crippen MR) is 418 cm³/mol. The minimum absolute atomic E-state index is 0.0654. The number of phosphoric ester groups is 2. The zero-order valence-electron chi connectivity index (χ0n) is 64.3. The fraction of sp³-hybridized carbons (Fsp3) is 0.735. The van der Waals surface area contributed by atoms with Crippen LogP contribution in [-0.2, 0) is 65.4 Å². The second-order valence-corrected chi connectivity index (χ2v) is 29.6. The van der Waals surface area contributed by atoms with Gasteiger partial charge in [0, 0.05) is 19.3 Å². The van der Waals surface area contributed by atoms with Crippen molar-refractivity contribution in [3.63, 3.8) is 0 Å². The lowest BCUT2D eigenvalue weighted by molar-refractivity contribution is -0.161. The number of aliphatic hydroxyl groups is 1. The first-order valence-electron chi connectivity index (χ1n) is 40.1. The SMILES string of the molecule is CC/C=C\C/C=C\C/C=C\C/C=C\C/C=C\CC(=O)OCC(COP(=O)(O)OCC(O)COP(=O)(O)OCC(COC(=O)CCCCCCCC/C=C\C/C=C\C/C=C\CCCCC)OC(=O)CCCCCCCCCCCCCCC)OC(=O)CCCCCCC/C=C\CCCCCCCC. The molecule has 0 aliphatic carbocycles. The van der Waals surface area contributed by atoms with Gasteiger partial charge in [0.1, 0.15) is 19.3 Å². The molecule has 0 aromatic rings.